The number of piperidine rings is 1. The molecule has 0 unspecified atom stereocenters. The van der Waals surface area contributed by atoms with Gasteiger partial charge in [-0.2, -0.15) is 0 Å². The Morgan fingerprint density at radius 2 is 1.75 bits per heavy atom. The third-order valence-electron chi connectivity index (χ3n) is 11.1. The van der Waals surface area contributed by atoms with E-state index in [0.717, 1.165) is 70.5 Å². The maximum absolute atomic E-state index is 14.0. The predicted molar refractivity (Wildman–Crippen MR) is 191 cm³/mol. The van der Waals surface area contributed by atoms with Crippen molar-refractivity contribution >= 4 is 40.0 Å². The van der Waals surface area contributed by atoms with E-state index in [1.807, 2.05) is 37.5 Å². The number of aromatic nitrogens is 3. The minimum Gasteiger partial charge on any atom is -0.349 e. The molecule has 9 nitrogen and oxygen atoms in total. The summed E-state index contributed by atoms with van der Waals surface area (Å²) in [5.74, 6) is 0.842. The monoisotopic (exact) mass is 645 g/mol. The Morgan fingerprint density at radius 3 is 2.48 bits per heavy atom. The normalized spacial score (nSPS) is 22.2. The van der Waals surface area contributed by atoms with Crippen molar-refractivity contribution in [3.05, 3.63) is 65.5 Å². The van der Waals surface area contributed by atoms with Crippen molar-refractivity contribution in [3.8, 4) is 11.3 Å². The molecule has 0 atom stereocenters. The van der Waals surface area contributed by atoms with Crippen molar-refractivity contribution in [2.24, 2.45) is 0 Å². The Balaban J connectivity index is 1.15. The van der Waals surface area contributed by atoms with Crippen LogP contribution in [0.2, 0.25) is 0 Å². The van der Waals surface area contributed by atoms with E-state index in [9.17, 15) is 9.59 Å². The van der Waals surface area contributed by atoms with Gasteiger partial charge in [-0.15, -0.1) is 0 Å². The molecule has 0 radical (unpaired) electrons. The van der Waals surface area contributed by atoms with Crippen LogP contribution in [0.25, 0.3) is 22.3 Å². The van der Waals surface area contributed by atoms with Crippen LogP contribution in [0.4, 0.5) is 17.2 Å². The number of nitrogens with zero attached hydrogens (tertiary/aromatic N) is 5. The number of rotatable bonds is 8. The summed E-state index contributed by atoms with van der Waals surface area (Å²) in [6.07, 6.45) is 9.93. The minimum absolute atomic E-state index is 0.0355. The van der Waals surface area contributed by atoms with E-state index in [4.69, 9.17) is 9.97 Å². The predicted octanol–water partition coefficient (Wildman–Crippen LogP) is 7.26. The number of carbonyl (C=O) groups excluding carboxylic acids is 2. The molecule has 2 amide bonds. The lowest BCUT2D eigenvalue weighted by molar-refractivity contribution is -0.123. The Kier molecular flexibility index (Phi) is 7.58. The summed E-state index contributed by atoms with van der Waals surface area (Å²) in [7, 11) is 0. The lowest BCUT2D eigenvalue weighted by atomic mass is 9.82. The van der Waals surface area contributed by atoms with E-state index < -0.39 is 5.41 Å². The van der Waals surface area contributed by atoms with E-state index in [1.165, 1.54) is 32.4 Å². The highest BCUT2D eigenvalue weighted by molar-refractivity contribution is 6.09. The molecule has 1 saturated heterocycles. The van der Waals surface area contributed by atoms with Crippen LogP contribution < -0.4 is 15.5 Å². The average Bonchev–Trinajstić information content (AvgIpc) is 3.72. The number of amides is 2. The van der Waals surface area contributed by atoms with Crippen molar-refractivity contribution in [3.63, 3.8) is 0 Å². The molecule has 2 aromatic carbocycles. The Hall–Kier alpha value is -4.24. The smallest absolute Gasteiger partial charge is 0.251 e. The second kappa shape index (κ2) is 11.7. The standard InChI is InChI=1S/C39H47N7O2/c1-23(2)45-22-40-33-21-32(43-36(35(33)45)41-27-11-9-24(3)30(18-27)37(47)42-26-12-13-26)25-10-14-31-34(17-25)46(38(48)39(31,4)5)29-19-28(20-29)44-15-7-6-8-16-44/h9-11,14,17-18,21-23,26,28-29H,6-8,12-13,15-16,19-20H2,1-5H3,(H,41,43)(H,42,47)/t28-,29+. The molecule has 8 rings (SSSR count). The largest absolute Gasteiger partial charge is 0.349 e. The maximum atomic E-state index is 14.0. The van der Waals surface area contributed by atoms with Crippen LogP contribution in [-0.2, 0) is 10.2 Å². The summed E-state index contributed by atoms with van der Waals surface area (Å²) < 4.78 is 2.13. The first-order valence-electron chi connectivity index (χ1n) is 17.9. The first-order chi connectivity index (χ1) is 23.1. The van der Waals surface area contributed by atoms with Crippen molar-refractivity contribution in [2.45, 2.75) is 109 Å². The number of hydrogen-bond donors (Lipinski definition) is 2. The third-order valence-corrected chi connectivity index (χ3v) is 11.1. The fourth-order valence-corrected chi connectivity index (χ4v) is 7.92. The van der Waals surface area contributed by atoms with Gasteiger partial charge in [-0.1, -0.05) is 24.6 Å². The summed E-state index contributed by atoms with van der Waals surface area (Å²) in [5, 5.41) is 6.69. The van der Waals surface area contributed by atoms with Gasteiger partial charge in [-0.25, -0.2) is 9.97 Å². The molecule has 250 valence electrons. The van der Waals surface area contributed by atoms with Crippen LogP contribution in [0.1, 0.15) is 100 Å². The second-order valence-electron chi connectivity index (χ2n) is 15.3. The second-order valence-corrected chi connectivity index (χ2v) is 15.3. The van der Waals surface area contributed by atoms with Gasteiger partial charge in [-0.3, -0.25) is 9.59 Å². The molecule has 2 saturated carbocycles. The van der Waals surface area contributed by atoms with Gasteiger partial charge in [-0.05, 0) is 122 Å². The van der Waals surface area contributed by atoms with E-state index >= 15 is 0 Å². The summed E-state index contributed by atoms with van der Waals surface area (Å²) in [6.45, 7) is 12.7. The number of nitrogens with one attached hydrogen (secondary N) is 2. The number of carbonyl (C=O) groups is 2. The van der Waals surface area contributed by atoms with E-state index in [1.54, 1.807) is 0 Å². The molecule has 4 aromatic rings. The number of likely N-dealkylation sites (tertiary alicyclic amines) is 1. The van der Waals surface area contributed by atoms with Crippen LogP contribution in [0.5, 0.6) is 0 Å². The molecule has 4 heterocycles. The van der Waals surface area contributed by atoms with E-state index in [2.05, 4.69) is 70.9 Å². The summed E-state index contributed by atoms with van der Waals surface area (Å²) in [5.41, 5.74) is 7.42. The molecule has 2 aromatic heterocycles. The molecule has 3 fully saturated rings. The lowest BCUT2D eigenvalue weighted by Gasteiger charge is -2.48. The number of pyridine rings is 1. The van der Waals surface area contributed by atoms with Crippen LogP contribution in [0, 0.1) is 6.92 Å². The molecule has 2 aliphatic carbocycles. The van der Waals surface area contributed by atoms with Crippen LogP contribution >= 0.6 is 0 Å². The fraction of sp³-hybridized carbons (Fsp3) is 0.487. The number of anilines is 3. The van der Waals surface area contributed by atoms with Gasteiger partial charge in [0.05, 0.1) is 23.0 Å². The molecule has 9 heteroatoms. The highest BCUT2D eigenvalue weighted by Gasteiger charge is 2.50. The summed E-state index contributed by atoms with van der Waals surface area (Å²) >= 11 is 0. The van der Waals surface area contributed by atoms with Gasteiger partial charge in [0.2, 0.25) is 5.91 Å². The number of aryl methyl sites for hydroxylation is 1. The van der Waals surface area contributed by atoms with Crippen molar-refractivity contribution in [2.75, 3.05) is 23.3 Å². The zero-order valence-electron chi connectivity index (χ0n) is 28.8. The van der Waals surface area contributed by atoms with Gasteiger partial charge in [0.15, 0.2) is 5.82 Å². The van der Waals surface area contributed by atoms with Gasteiger partial charge in [0, 0.05) is 46.7 Å². The van der Waals surface area contributed by atoms with Gasteiger partial charge < -0.3 is 25.0 Å². The first kappa shape index (κ1) is 31.1. The Bertz CT molecular complexity index is 1910. The topological polar surface area (TPSA) is 95.4 Å². The van der Waals surface area contributed by atoms with E-state index in [0.29, 0.717) is 17.4 Å². The lowest BCUT2D eigenvalue weighted by Crippen LogP contribution is -2.57. The molecular formula is C39H47N7O2. The number of benzene rings is 2. The molecular weight excluding hydrogens is 598 g/mol. The fourth-order valence-electron chi connectivity index (χ4n) is 7.92. The molecule has 2 N–H and O–H groups in total. The molecule has 0 bridgehead atoms. The molecule has 0 spiro atoms. The van der Waals surface area contributed by atoms with Gasteiger partial charge >= 0.3 is 0 Å². The number of hydrogen-bond acceptors (Lipinski definition) is 6. The van der Waals surface area contributed by atoms with Gasteiger partial charge in [0.1, 0.15) is 5.52 Å². The highest BCUT2D eigenvalue weighted by atomic mass is 16.2. The number of imidazole rings is 1. The third kappa shape index (κ3) is 5.36. The average molecular weight is 646 g/mol. The quantitative estimate of drug-likeness (QED) is 0.209. The maximum Gasteiger partial charge on any atom is 0.251 e. The van der Waals surface area contributed by atoms with Crippen LogP contribution in [0.15, 0.2) is 48.8 Å². The number of fused-ring (bicyclic) bond motifs is 2. The van der Waals surface area contributed by atoms with Crippen molar-refractivity contribution < 1.29 is 9.59 Å². The van der Waals surface area contributed by atoms with Crippen molar-refractivity contribution in [1.82, 2.24) is 24.8 Å². The first-order valence-corrected chi connectivity index (χ1v) is 17.9. The Morgan fingerprint density at radius 1 is 0.979 bits per heavy atom. The highest BCUT2D eigenvalue weighted by Crippen LogP contribution is 2.48. The van der Waals surface area contributed by atoms with Crippen molar-refractivity contribution in [1.29, 1.82) is 0 Å². The van der Waals surface area contributed by atoms with Crippen LogP contribution in [0.3, 0.4) is 0 Å². The molecule has 2 aliphatic heterocycles. The zero-order valence-corrected chi connectivity index (χ0v) is 28.8. The molecule has 4 aliphatic rings. The summed E-state index contributed by atoms with van der Waals surface area (Å²) in [4.78, 5) is 41.8. The SMILES string of the molecule is Cc1ccc(Nc2nc(-c3ccc4c(c3)N([C@H]3C[C@@H](N5CCCCC5)C3)C(=O)C4(C)C)cc3ncn(C(C)C)c23)cc1C(=O)NC1CC1. The van der Waals surface area contributed by atoms with E-state index in [-0.39, 0.29) is 29.9 Å². The summed E-state index contributed by atoms with van der Waals surface area (Å²) in [6, 6.07) is 15.6. The zero-order chi connectivity index (χ0) is 33.3. The van der Waals surface area contributed by atoms with Gasteiger partial charge in [0.25, 0.3) is 5.91 Å². The molecule has 48 heavy (non-hydrogen) atoms. The van der Waals surface area contributed by atoms with Crippen LogP contribution in [-0.4, -0.2) is 62.5 Å². The Labute approximate surface area is 283 Å². The minimum atomic E-state index is -0.570.